The predicted octanol–water partition coefficient (Wildman–Crippen LogP) is 3.06. The highest BCUT2D eigenvalue weighted by Crippen LogP contribution is 2.30. The Bertz CT molecular complexity index is 1060. The number of amides is 2. The summed E-state index contributed by atoms with van der Waals surface area (Å²) in [6, 6.07) is 12.7. The molecule has 0 saturated carbocycles. The Kier molecular flexibility index (Phi) is 9.55. The Balaban J connectivity index is 2.41. The Morgan fingerprint density at radius 1 is 1.09 bits per heavy atom. The van der Waals surface area contributed by atoms with Crippen LogP contribution in [0.1, 0.15) is 26.3 Å². The maximum atomic E-state index is 13.4. The minimum absolute atomic E-state index is 0.110. The molecule has 0 heterocycles. The molecule has 0 unspecified atom stereocenters. The Morgan fingerprint density at radius 2 is 1.73 bits per heavy atom. The number of para-hydroxylation sites is 2. The molecule has 10 heteroatoms. The minimum Gasteiger partial charge on any atom is -0.492 e. The zero-order valence-electron chi connectivity index (χ0n) is 19.2. The van der Waals surface area contributed by atoms with E-state index in [1.807, 2.05) is 0 Å². The van der Waals surface area contributed by atoms with Gasteiger partial charge in [-0.15, -0.1) is 0 Å². The number of hydrogen-bond donors (Lipinski definition) is 1. The predicted molar refractivity (Wildman–Crippen MR) is 130 cm³/mol. The number of rotatable bonds is 11. The molecule has 0 radical (unpaired) electrons. The number of ether oxygens (including phenoxy) is 1. The Morgan fingerprint density at radius 3 is 2.30 bits per heavy atom. The van der Waals surface area contributed by atoms with E-state index in [2.05, 4.69) is 5.32 Å². The molecule has 8 nitrogen and oxygen atoms in total. The largest absolute Gasteiger partial charge is 0.492 e. The minimum atomic E-state index is -3.83. The summed E-state index contributed by atoms with van der Waals surface area (Å²) in [5.41, 5.74) is 1.01. The van der Waals surface area contributed by atoms with Gasteiger partial charge in [0.25, 0.3) is 0 Å². The first-order chi connectivity index (χ1) is 15.6. The van der Waals surface area contributed by atoms with E-state index in [0.29, 0.717) is 23.9 Å². The van der Waals surface area contributed by atoms with Crippen LogP contribution in [0.4, 0.5) is 5.69 Å². The van der Waals surface area contributed by atoms with E-state index in [0.717, 1.165) is 16.1 Å². The van der Waals surface area contributed by atoms with Crippen molar-refractivity contribution in [2.75, 3.05) is 30.3 Å². The van der Waals surface area contributed by atoms with Crippen LogP contribution >= 0.6 is 11.6 Å². The fraction of sp³-hybridized carbons (Fsp3) is 0.391. The summed E-state index contributed by atoms with van der Waals surface area (Å²) in [5, 5.41) is 3.26. The van der Waals surface area contributed by atoms with Gasteiger partial charge in [0.2, 0.25) is 21.8 Å². The lowest BCUT2D eigenvalue weighted by molar-refractivity contribution is -0.139. The van der Waals surface area contributed by atoms with Gasteiger partial charge < -0.3 is 15.0 Å². The van der Waals surface area contributed by atoms with Gasteiger partial charge in [0.05, 0.1) is 18.6 Å². The molecule has 0 aromatic heterocycles. The van der Waals surface area contributed by atoms with E-state index in [9.17, 15) is 18.0 Å². The van der Waals surface area contributed by atoms with Gasteiger partial charge in [-0.1, -0.05) is 35.9 Å². The van der Waals surface area contributed by atoms with Crippen molar-refractivity contribution >= 4 is 39.1 Å². The molecule has 1 atom stereocenters. The van der Waals surface area contributed by atoms with Crippen LogP contribution in [0.15, 0.2) is 48.5 Å². The van der Waals surface area contributed by atoms with Crippen molar-refractivity contribution in [2.24, 2.45) is 0 Å². The van der Waals surface area contributed by atoms with Crippen LogP contribution in [-0.2, 0) is 26.2 Å². The first-order valence-corrected chi connectivity index (χ1v) is 12.8. The molecule has 2 aromatic rings. The topological polar surface area (TPSA) is 96.0 Å². The molecule has 2 rings (SSSR count). The molecule has 0 fully saturated rings. The third-order valence-electron chi connectivity index (χ3n) is 4.90. The fourth-order valence-electron chi connectivity index (χ4n) is 3.23. The van der Waals surface area contributed by atoms with Crippen LogP contribution in [0.3, 0.4) is 0 Å². The highest BCUT2D eigenvalue weighted by Gasteiger charge is 2.30. The van der Waals surface area contributed by atoms with Gasteiger partial charge in [-0.2, -0.15) is 0 Å². The van der Waals surface area contributed by atoms with Crippen molar-refractivity contribution < 1.29 is 22.7 Å². The Hall–Kier alpha value is -2.78. The lowest BCUT2D eigenvalue weighted by atomic mass is 10.1. The van der Waals surface area contributed by atoms with Gasteiger partial charge in [0.15, 0.2) is 0 Å². The summed E-state index contributed by atoms with van der Waals surface area (Å²) in [5.74, 6) is -0.514. The maximum absolute atomic E-state index is 13.4. The average molecular weight is 496 g/mol. The van der Waals surface area contributed by atoms with E-state index in [1.165, 1.54) is 4.90 Å². The number of carbonyl (C=O) groups excluding carboxylic acids is 2. The summed E-state index contributed by atoms with van der Waals surface area (Å²) in [6.45, 7) is 5.54. The van der Waals surface area contributed by atoms with Gasteiger partial charge >= 0.3 is 0 Å². The molecule has 2 aromatic carbocycles. The molecule has 0 aliphatic rings. The average Bonchev–Trinajstić information content (AvgIpc) is 2.76. The number of hydrogen-bond acceptors (Lipinski definition) is 5. The van der Waals surface area contributed by atoms with Crippen molar-refractivity contribution in [1.29, 1.82) is 0 Å². The van der Waals surface area contributed by atoms with Crippen molar-refractivity contribution in [1.82, 2.24) is 10.2 Å². The summed E-state index contributed by atoms with van der Waals surface area (Å²) in [6.07, 6.45) is 1.03. The van der Waals surface area contributed by atoms with Crippen molar-refractivity contribution in [3.05, 3.63) is 59.1 Å². The smallest absolute Gasteiger partial charge is 0.244 e. The van der Waals surface area contributed by atoms with Gasteiger partial charge in [-0.3, -0.25) is 13.9 Å². The number of halogens is 1. The van der Waals surface area contributed by atoms with Crippen molar-refractivity contribution in [3.63, 3.8) is 0 Å². The number of benzene rings is 2. The Labute approximate surface area is 200 Å². The van der Waals surface area contributed by atoms with E-state index >= 15 is 0 Å². The SMILES string of the molecule is CCNC(=O)[C@@H](C)N(Cc1ccc(Cl)cc1)C(=O)CN(c1ccccc1OCC)S(C)(=O)=O. The van der Waals surface area contributed by atoms with Gasteiger partial charge in [0, 0.05) is 18.1 Å². The first kappa shape index (κ1) is 26.5. The van der Waals surface area contributed by atoms with Crippen LogP contribution < -0.4 is 14.4 Å². The molecule has 2 amide bonds. The lowest BCUT2D eigenvalue weighted by Gasteiger charge is -2.31. The van der Waals surface area contributed by atoms with Gasteiger partial charge in [-0.05, 0) is 50.6 Å². The number of likely N-dealkylation sites (N-methyl/N-ethyl adjacent to an activating group) is 1. The summed E-state index contributed by atoms with van der Waals surface area (Å²) in [4.78, 5) is 27.3. The van der Waals surface area contributed by atoms with Gasteiger partial charge in [-0.25, -0.2) is 8.42 Å². The first-order valence-electron chi connectivity index (χ1n) is 10.6. The second-order valence-corrected chi connectivity index (χ2v) is 9.73. The van der Waals surface area contributed by atoms with Gasteiger partial charge in [0.1, 0.15) is 18.3 Å². The standard InChI is InChI=1S/C23H30ClN3O5S/c1-5-25-23(29)17(3)26(15-18-11-13-19(24)14-12-18)22(28)16-27(33(4,30)31)20-9-7-8-10-21(20)32-6-2/h7-14,17H,5-6,15-16H2,1-4H3,(H,25,29)/t17-/m1/s1. The van der Waals surface area contributed by atoms with Crippen LogP contribution in [0.5, 0.6) is 5.75 Å². The van der Waals surface area contributed by atoms with Crippen LogP contribution in [0.25, 0.3) is 0 Å². The quantitative estimate of drug-likeness (QED) is 0.517. The normalized spacial score (nSPS) is 12.0. The molecule has 1 N–H and O–H groups in total. The van der Waals surface area contributed by atoms with E-state index in [1.54, 1.807) is 69.3 Å². The van der Waals surface area contributed by atoms with Crippen molar-refractivity contribution in [2.45, 2.75) is 33.4 Å². The molecule has 33 heavy (non-hydrogen) atoms. The summed E-state index contributed by atoms with van der Waals surface area (Å²) < 4.78 is 31.9. The third-order valence-corrected chi connectivity index (χ3v) is 6.28. The molecule has 0 saturated heterocycles. The number of nitrogens with one attached hydrogen (secondary N) is 1. The summed E-state index contributed by atoms with van der Waals surface area (Å²) in [7, 11) is -3.83. The maximum Gasteiger partial charge on any atom is 0.244 e. The lowest BCUT2D eigenvalue weighted by Crippen LogP contribution is -2.51. The summed E-state index contributed by atoms with van der Waals surface area (Å²) >= 11 is 5.96. The number of nitrogens with zero attached hydrogens (tertiary/aromatic N) is 2. The van der Waals surface area contributed by atoms with Crippen LogP contribution in [0, 0.1) is 0 Å². The third kappa shape index (κ3) is 7.36. The second-order valence-electron chi connectivity index (χ2n) is 7.39. The second kappa shape index (κ2) is 11.9. The van der Waals surface area contributed by atoms with Crippen molar-refractivity contribution in [3.8, 4) is 5.75 Å². The number of anilines is 1. The number of carbonyl (C=O) groups is 2. The molecule has 0 spiro atoms. The monoisotopic (exact) mass is 495 g/mol. The molecule has 0 aliphatic carbocycles. The van der Waals surface area contributed by atoms with E-state index in [-0.39, 0.29) is 18.1 Å². The molecular weight excluding hydrogens is 466 g/mol. The van der Waals surface area contributed by atoms with Crippen LogP contribution in [-0.4, -0.2) is 57.1 Å². The van der Waals surface area contributed by atoms with E-state index < -0.39 is 28.5 Å². The fourth-order valence-corrected chi connectivity index (χ4v) is 4.21. The van der Waals surface area contributed by atoms with Crippen LogP contribution in [0.2, 0.25) is 5.02 Å². The molecule has 0 aliphatic heterocycles. The number of sulfonamides is 1. The van der Waals surface area contributed by atoms with E-state index in [4.69, 9.17) is 16.3 Å². The molecule has 180 valence electrons. The highest BCUT2D eigenvalue weighted by atomic mass is 35.5. The molecule has 0 bridgehead atoms. The zero-order chi connectivity index (χ0) is 24.6. The highest BCUT2D eigenvalue weighted by molar-refractivity contribution is 7.92. The zero-order valence-corrected chi connectivity index (χ0v) is 20.8. The molecular formula is C23H30ClN3O5S.